The normalized spacial score (nSPS) is 11.3. The Morgan fingerprint density at radius 3 is 2.68 bits per heavy atom. The average molecular weight is 287 g/mol. The first-order valence-electron chi connectivity index (χ1n) is 6.42. The van der Waals surface area contributed by atoms with E-state index in [0.29, 0.717) is 13.2 Å². The molecule has 1 unspecified atom stereocenters. The van der Waals surface area contributed by atoms with Crippen molar-refractivity contribution >= 4 is 18.5 Å². The van der Waals surface area contributed by atoms with Crippen molar-refractivity contribution in [2.75, 3.05) is 6.54 Å². The number of alkyl carbamates (subject to hydrolysis) is 1. The molecule has 1 atom stereocenters. The van der Waals surface area contributed by atoms with Crippen LogP contribution in [-0.2, 0) is 11.3 Å². The predicted octanol–water partition coefficient (Wildman–Crippen LogP) is 2.85. The minimum atomic E-state index is -0.371. The van der Waals surface area contributed by atoms with Crippen LogP contribution in [0.2, 0.25) is 0 Å². The lowest BCUT2D eigenvalue weighted by molar-refractivity contribution is 0.139. The number of halogens is 1. The van der Waals surface area contributed by atoms with Gasteiger partial charge < -0.3 is 15.8 Å². The molecule has 19 heavy (non-hydrogen) atoms. The molecule has 108 valence electrons. The van der Waals surface area contributed by atoms with Gasteiger partial charge in [-0.2, -0.15) is 0 Å². The molecule has 3 N–H and O–H groups in total. The predicted molar refractivity (Wildman–Crippen MR) is 79.4 cm³/mol. The molecule has 0 saturated heterocycles. The summed E-state index contributed by atoms with van der Waals surface area (Å²) in [4.78, 5) is 11.4. The van der Waals surface area contributed by atoms with Gasteiger partial charge in [-0.05, 0) is 24.8 Å². The molecule has 0 bridgehead atoms. The highest BCUT2D eigenvalue weighted by molar-refractivity contribution is 5.85. The summed E-state index contributed by atoms with van der Waals surface area (Å²) < 4.78 is 5.08. The van der Waals surface area contributed by atoms with Crippen LogP contribution < -0.4 is 11.1 Å². The van der Waals surface area contributed by atoms with Gasteiger partial charge in [-0.1, -0.05) is 37.3 Å². The standard InChI is InChI=1S/C14H22N2O2.ClH/c1-2-13(15)9-6-10-16-14(17)18-11-12-7-4-3-5-8-12;/h3-5,7-8,13H,2,6,9-11,15H2,1H3,(H,16,17);1H. The third-order valence-corrected chi connectivity index (χ3v) is 2.76. The second-order valence-electron chi connectivity index (χ2n) is 4.30. The second-order valence-corrected chi connectivity index (χ2v) is 4.30. The van der Waals surface area contributed by atoms with Crippen molar-refractivity contribution in [3.8, 4) is 0 Å². The summed E-state index contributed by atoms with van der Waals surface area (Å²) in [5, 5.41) is 2.72. The summed E-state index contributed by atoms with van der Waals surface area (Å²) in [6.45, 7) is 2.98. The number of carbonyl (C=O) groups is 1. The number of hydrogen-bond acceptors (Lipinski definition) is 3. The fraction of sp³-hybridized carbons (Fsp3) is 0.500. The number of carbonyl (C=O) groups excluding carboxylic acids is 1. The first kappa shape index (κ1) is 17.7. The summed E-state index contributed by atoms with van der Waals surface area (Å²) in [5.41, 5.74) is 6.77. The highest BCUT2D eigenvalue weighted by Gasteiger charge is 2.03. The van der Waals surface area contributed by atoms with Crippen LogP contribution >= 0.6 is 12.4 Å². The molecule has 0 aliphatic rings. The Morgan fingerprint density at radius 1 is 1.37 bits per heavy atom. The fourth-order valence-electron chi connectivity index (χ4n) is 1.53. The summed E-state index contributed by atoms with van der Waals surface area (Å²) in [6, 6.07) is 9.85. The van der Waals surface area contributed by atoms with Crippen LogP contribution in [0.1, 0.15) is 31.7 Å². The molecular formula is C14H23ClN2O2. The van der Waals surface area contributed by atoms with Crippen molar-refractivity contribution in [3.05, 3.63) is 35.9 Å². The Balaban J connectivity index is 0.00000324. The molecule has 1 aromatic carbocycles. The number of benzene rings is 1. The van der Waals surface area contributed by atoms with Crippen LogP contribution in [-0.4, -0.2) is 18.7 Å². The van der Waals surface area contributed by atoms with E-state index in [4.69, 9.17) is 10.5 Å². The molecule has 1 rings (SSSR count). The van der Waals surface area contributed by atoms with Crippen molar-refractivity contribution in [2.45, 2.75) is 38.8 Å². The number of amides is 1. The van der Waals surface area contributed by atoms with Gasteiger partial charge in [-0.25, -0.2) is 4.79 Å². The molecule has 4 nitrogen and oxygen atoms in total. The van der Waals surface area contributed by atoms with E-state index >= 15 is 0 Å². The van der Waals surface area contributed by atoms with Crippen LogP contribution in [0.15, 0.2) is 30.3 Å². The van der Waals surface area contributed by atoms with E-state index in [9.17, 15) is 4.79 Å². The first-order valence-corrected chi connectivity index (χ1v) is 6.42. The van der Waals surface area contributed by atoms with Gasteiger partial charge in [0, 0.05) is 12.6 Å². The largest absolute Gasteiger partial charge is 0.445 e. The van der Waals surface area contributed by atoms with Gasteiger partial charge in [-0.3, -0.25) is 0 Å². The summed E-state index contributed by atoms with van der Waals surface area (Å²) in [6.07, 6.45) is 2.41. The van der Waals surface area contributed by atoms with Gasteiger partial charge in [0.15, 0.2) is 0 Å². The molecule has 1 amide bonds. The minimum absolute atomic E-state index is 0. The van der Waals surface area contributed by atoms with E-state index in [1.54, 1.807) is 0 Å². The molecule has 0 aromatic heterocycles. The molecule has 0 radical (unpaired) electrons. The lowest BCUT2D eigenvalue weighted by Crippen LogP contribution is -2.27. The minimum Gasteiger partial charge on any atom is -0.445 e. The smallest absolute Gasteiger partial charge is 0.407 e. The van der Waals surface area contributed by atoms with Crippen LogP contribution in [0.5, 0.6) is 0 Å². The Hall–Kier alpha value is -1.26. The molecule has 0 aliphatic heterocycles. The van der Waals surface area contributed by atoms with Crippen molar-refractivity contribution < 1.29 is 9.53 Å². The topological polar surface area (TPSA) is 64.3 Å². The second kappa shape index (κ2) is 10.6. The molecule has 0 aliphatic carbocycles. The molecular weight excluding hydrogens is 264 g/mol. The Morgan fingerprint density at radius 2 is 2.05 bits per heavy atom. The number of ether oxygens (including phenoxy) is 1. The summed E-state index contributed by atoms with van der Waals surface area (Å²) in [5.74, 6) is 0. The van der Waals surface area contributed by atoms with E-state index in [2.05, 4.69) is 12.2 Å². The summed E-state index contributed by atoms with van der Waals surface area (Å²) >= 11 is 0. The highest BCUT2D eigenvalue weighted by atomic mass is 35.5. The van der Waals surface area contributed by atoms with Gasteiger partial charge in [0.2, 0.25) is 0 Å². The quantitative estimate of drug-likeness (QED) is 0.758. The number of nitrogens with one attached hydrogen (secondary N) is 1. The maximum absolute atomic E-state index is 11.4. The number of hydrogen-bond donors (Lipinski definition) is 2. The zero-order valence-corrected chi connectivity index (χ0v) is 12.1. The van der Waals surface area contributed by atoms with Crippen LogP contribution in [0.25, 0.3) is 0 Å². The fourth-order valence-corrected chi connectivity index (χ4v) is 1.53. The Labute approximate surface area is 121 Å². The molecule has 0 fully saturated rings. The van der Waals surface area contributed by atoms with E-state index in [1.165, 1.54) is 0 Å². The van der Waals surface area contributed by atoms with Gasteiger partial charge in [0.05, 0.1) is 0 Å². The Bertz CT molecular complexity index is 347. The van der Waals surface area contributed by atoms with Crippen LogP contribution in [0.3, 0.4) is 0 Å². The molecule has 1 aromatic rings. The SMILES string of the molecule is CCC(N)CCCNC(=O)OCc1ccccc1.Cl. The Kier molecular flexibility index (Phi) is 9.94. The monoisotopic (exact) mass is 286 g/mol. The zero-order valence-electron chi connectivity index (χ0n) is 11.3. The van der Waals surface area contributed by atoms with Gasteiger partial charge in [0.25, 0.3) is 0 Å². The van der Waals surface area contributed by atoms with Crippen LogP contribution in [0, 0.1) is 0 Å². The van der Waals surface area contributed by atoms with Gasteiger partial charge >= 0.3 is 6.09 Å². The molecule has 0 saturated carbocycles. The molecule has 0 spiro atoms. The van der Waals surface area contributed by atoms with E-state index in [-0.39, 0.29) is 24.5 Å². The number of rotatable bonds is 7. The van der Waals surface area contributed by atoms with E-state index in [0.717, 1.165) is 24.8 Å². The first-order chi connectivity index (χ1) is 8.72. The molecule has 0 heterocycles. The zero-order chi connectivity index (χ0) is 13.2. The van der Waals surface area contributed by atoms with Crippen LogP contribution in [0.4, 0.5) is 4.79 Å². The van der Waals surface area contributed by atoms with Gasteiger partial charge in [0.1, 0.15) is 6.61 Å². The van der Waals surface area contributed by atoms with Crippen molar-refractivity contribution in [1.82, 2.24) is 5.32 Å². The highest BCUT2D eigenvalue weighted by Crippen LogP contribution is 2.01. The summed E-state index contributed by atoms with van der Waals surface area (Å²) in [7, 11) is 0. The third-order valence-electron chi connectivity index (χ3n) is 2.76. The van der Waals surface area contributed by atoms with E-state index in [1.807, 2.05) is 30.3 Å². The van der Waals surface area contributed by atoms with Crippen molar-refractivity contribution in [1.29, 1.82) is 0 Å². The average Bonchev–Trinajstić information content (AvgIpc) is 2.42. The van der Waals surface area contributed by atoms with Gasteiger partial charge in [-0.15, -0.1) is 12.4 Å². The molecule has 5 heteroatoms. The lowest BCUT2D eigenvalue weighted by Gasteiger charge is -2.09. The maximum Gasteiger partial charge on any atom is 0.407 e. The third kappa shape index (κ3) is 8.46. The lowest BCUT2D eigenvalue weighted by atomic mass is 10.1. The number of nitrogens with two attached hydrogens (primary N) is 1. The maximum atomic E-state index is 11.4. The van der Waals surface area contributed by atoms with Crippen molar-refractivity contribution in [3.63, 3.8) is 0 Å². The van der Waals surface area contributed by atoms with Crippen molar-refractivity contribution in [2.24, 2.45) is 5.73 Å². The van der Waals surface area contributed by atoms with E-state index < -0.39 is 0 Å².